The maximum Gasteiger partial charge on any atom is 0.339 e. The summed E-state index contributed by atoms with van der Waals surface area (Å²) in [6.07, 6.45) is 0.759. The van der Waals surface area contributed by atoms with Crippen molar-refractivity contribution in [3.8, 4) is 34.1 Å². The second-order valence-corrected chi connectivity index (χ2v) is 6.66. The van der Waals surface area contributed by atoms with Gasteiger partial charge in [-0.2, -0.15) is 0 Å². The number of esters is 1. The van der Waals surface area contributed by atoms with E-state index in [2.05, 4.69) is 0 Å². The first-order valence-corrected chi connectivity index (χ1v) is 8.69. The van der Waals surface area contributed by atoms with E-state index in [1.807, 2.05) is 12.1 Å². The van der Waals surface area contributed by atoms with Gasteiger partial charge in [0.05, 0.1) is 5.56 Å². The molecule has 7 nitrogen and oxygen atoms in total. The molecule has 3 aliphatic heterocycles. The summed E-state index contributed by atoms with van der Waals surface area (Å²) in [7, 11) is 0. The molecule has 0 aromatic heterocycles. The van der Waals surface area contributed by atoms with Crippen LogP contribution in [0.15, 0.2) is 30.3 Å². The van der Waals surface area contributed by atoms with Crippen molar-refractivity contribution < 1.29 is 33.3 Å². The first-order chi connectivity index (χ1) is 13.7. The minimum atomic E-state index is -0.453. The Balaban J connectivity index is 1.75. The Morgan fingerprint density at radius 2 is 1.43 bits per heavy atom. The first-order valence-electron chi connectivity index (χ1n) is 8.69. The molecule has 7 heteroatoms. The van der Waals surface area contributed by atoms with E-state index in [0.717, 1.165) is 11.8 Å². The average molecular weight is 376 g/mol. The summed E-state index contributed by atoms with van der Waals surface area (Å²) in [5, 5.41) is 1.40. The number of ether oxygens (including phenoxy) is 5. The normalized spacial score (nSPS) is 15.6. The Morgan fingerprint density at radius 1 is 0.750 bits per heavy atom. The van der Waals surface area contributed by atoms with Crippen molar-refractivity contribution in [2.75, 3.05) is 13.6 Å². The van der Waals surface area contributed by atoms with Crippen LogP contribution >= 0.6 is 0 Å². The van der Waals surface area contributed by atoms with E-state index < -0.39 is 5.97 Å². The van der Waals surface area contributed by atoms with Crippen LogP contribution in [0.5, 0.6) is 23.0 Å². The van der Waals surface area contributed by atoms with E-state index >= 15 is 0 Å². The van der Waals surface area contributed by atoms with Crippen LogP contribution in [0.1, 0.15) is 26.3 Å². The summed E-state index contributed by atoms with van der Waals surface area (Å²) >= 11 is 0. The second kappa shape index (κ2) is 5.39. The van der Waals surface area contributed by atoms with Gasteiger partial charge in [-0.1, -0.05) is 6.07 Å². The van der Waals surface area contributed by atoms with E-state index in [1.54, 1.807) is 18.2 Å². The first kappa shape index (κ1) is 15.3. The van der Waals surface area contributed by atoms with Gasteiger partial charge < -0.3 is 23.7 Å². The van der Waals surface area contributed by atoms with Crippen molar-refractivity contribution in [2.45, 2.75) is 6.61 Å². The minimum absolute atomic E-state index is 0.0597. The molecule has 0 saturated heterocycles. The van der Waals surface area contributed by atoms with Gasteiger partial charge >= 0.3 is 5.97 Å². The standard InChI is InChI=1S/C21H12O7/c22-6-13-11-4-17-18(28-9-27-17)5-12(11)19(20-14(13)7-24-21(20)23)10-1-2-15-16(3-10)26-8-25-15/h1-6H,7-9H2. The molecule has 28 heavy (non-hydrogen) atoms. The summed E-state index contributed by atoms with van der Waals surface area (Å²) in [5.74, 6) is 1.93. The van der Waals surface area contributed by atoms with Gasteiger partial charge in [-0.25, -0.2) is 4.79 Å². The fraction of sp³-hybridized carbons (Fsp3) is 0.143. The Labute approximate surface area is 158 Å². The zero-order valence-electron chi connectivity index (χ0n) is 14.4. The zero-order chi connectivity index (χ0) is 18.8. The lowest BCUT2D eigenvalue weighted by molar-refractivity contribution is 0.0535. The number of hydrogen-bond acceptors (Lipinski definition) is 7. The van der Waals surface area contributed by atoms with Gasteiger partial charge in [-0.05, 0) is 40.6 Å². The van der Waals surface area contributed by atoms with Crippen LogP contribution in [-0.2, 0) is 11.3 Å². The third-order valence-corrected chi connectivity index (χ3v) is 5.28. The molecular formula is C21H12O7. The Kier molecular flexibility index (Phi) is 2.95. The molecule has 0 unspecified atom stereocenters. The lowest BCUT2D eigenvalue weighted by Crippen LogP contribution is -2.02. The van der Waals surface area contributed by atoms with Crippen LogP contribution in [0, 0.1) is 0 Å². The van der Waals surface area contributed by atoms with Crippen molar-refractivity contribution in [3.05, 3.63) is 47.0 Å². The van der Waals surface area contributed by atoms with E-state index in [9.17, 15) is 9.59 Å². The van der Waals surface area contributed by atoms with Gasteiger partial charge in [-0.3, -0.25) is 4.79 Å². The maximum atomic E-state index is 12.6. The van der Waals surface area contributed by atoms with Gasteiger partial charge in [0, 0.05) is 16.7 Å². The number of fused-ring (bicyclic) bond motifs is 4. The van der Waals surface area contributed by atoms with Crippen LogP contribution in [0.25, 0.3) is 21.9 Å². The number of carbonyl (C=O) groups excluding carboxylic acids is 2. The molecule has 0 fully saturated rings. The van der Waals surface area contributed by atoms with E-state index in [-0.39, 0.29) is 20.2 Å². The van der Waals surface area contributed by atoms with Crippen molar-refractivity contribution in [2.24, 2.45) is 0 Å². The molecule has 3 aromatic rings. The molecule has 3 heterocycles. The van der Waals surface area contributed by atoms with Gasteiger partial charge in [0.1, 0.15) is 6.61 Å². The predicted molar refractivity (Wildman–Crippen MR) is 96.1 cm³/mol. The topological polar surface area (TPSA) is 80.3 Å². The van der Waals surface area contributed by atoms with Crippen LogP contribution in [-0.4, -0.2) is 25.8 Å². The highest BCUT2D eigenvalue weighted by atomic mass is 16.7. The summed E-state index contributed by atoms with van der Waals surface area (Å²) in [5.41, 5.74) is 2.85. The van der Waals surface area contributed by atoms with Crippen LogP contribution in [0.3, 0.4) is 0 Å². The Bertz CT molecular complexity index is 1210. The molecular weight excluding hydrogens is 364 g/mol. The molecule has 0 aliphatic carbocycles. The SMILES string of the molecule is O=Cc1c2c(c(-c3ccc4c(c3)OCO4)c3cc4c(cc13)OCO4)C(=O)OC2. The lowest BCUT2D eigenvalue weighted by atomic mass is 9.87. The van der Waals surface area contributed by atoms with Crippen molar-refractivity contribution in [1.29, 1.82) is 0 Å². The third-order valence-electron chi connectivity index (χ3n) is 5.28. The molecule has 3 aromatic carbocycles. The highest BCUT2D eigenvalue weighted by molar-refractivity contribution is 6.16. The number of benzene rings is 3. The van der Waals surface area contributed by atoms with Gasteiger partial charge in [0.25, 0.3) is 0 Å². The highest BCUT2D eigenvalue weighted by Crippen LogP contribution is 2.47. The summed E-state index contributed by atoms with van der Waals surface area (Å²) in [6.45, 7) is 0.329. The number of hydrogen-bond donors (Lipinski definition) is 0. The summed E-state index contributed by atoms with van der Waals surface area (Å²) in [4.78, 5) is 24.5. The molecule has 0 radical (unpaired) electrons. The van der Waals surface area contributed by atoms with E-state index in [4.69, 9.17) is 23.7 Å². The monoisotopic (exact) mass is 376 g/mol. The summed E-state index contributed by atoms with van der Waals surface area (Å²) < 4.78 is 27.2. The van der Waals surface area contributed by atoms with E-state index in [1.165, 1.54) is 0 Å². The van der Waals surface area contributed by atoms with Gasteiger partial charge in [-0.15, -0.1) is 0 Å². The van der Waals surface area contributed by atoms with Gasteiger partial charge in [0.15, 0.2) is 29.3 Å². The lowest BCUT2D eigenvalue weighted by Gasteiger charge is -2.15. The molecule has 0 bridgehead atoms. The average Bonchev–Trinajstić information content (AvgIpc) is 3.44. The molecule has 0 saturated carbocycles. The number of rotatable bonds is 2. The predicted octanol–water partition coefficient (Wildman–Crippen LogP) is 3.45. The highest BCUT2D eigenvalue weighted by Gasteiger charge is 2.32. The smallest absolute Gasteiger partial charge is 0.339 e. The third kappa shape index (κ3) is 1.93. The molecule has 0 atom stereocenters. The largest absolute Gasteiger partial charge is 0.457 e. The van der Waals surface area contributed by atoms with Gasteiger partial charge in [0.2, 0.25) is 13.6 Å². The fourth-order valence-corrected chi connectivity index (χ4v) is 4.03. The van der Waals surface area contributed by atoms with Crippen molar-refractivity contribution in [1.82, 2.24) is 0 Å². The quantitative estimate of drug-likeness (QED) is 0.501. The van der Waals surface area contributed by atoms with Crippen LogP contribution in [0.4, 0.5) is 0 Å². The molecule has 3 aliphatic rings. The molecule has 6 rings (SSSR count). The number of cyclic esters (lactones) is 1. The second-order valence-electron chi connectivity index (χ2n) is 6.66. The zero-order valence-corrected chi connectivity index (χ0v) is 14.4. The maximum absolute atomic E-state index is 12.6. The minimum Gasteiger partial charge on any atom is -0.457 e. The van der Waals surface area contributed by atoms with Crippen LogP contribution < -0.4 is 18.9 Å². The number of aldehydes is 1. The molecule has 0 N–H and O–H groups in total. The van der Waals surface area contributed by atoms with E-state index in [0.29, 0.717) is 56.0 Å². The molecule has 0 spiro atoms. The van der Waals surface area contributed by atoms with Crippen molar-refractivity contribution >= 4 is 23.0 Å². The van der Waals surface area contributed by atoms with Crippen LogP contribution in [0.2, 0.25) is 0 Å². The van der Waals surface area contributed by atoms with Crippen molar-refractivity contribution in [3.63, 3.8) is 0 Å². The fourth-order valence-electron chi connectivity index (χ4n) is 4.03. The Morgan fingerprint density at radius 3 is 2.18 bits per heavy atom. The Hall–Kier alpha value is -3.74. The molecule has 138 valence electrons. The summed E-state index contributed by atoms with van der Waals surface area (Å²) in [6, 6.07) is 9.07. The number of carbonyl (C=O) groups is 2. The molecule has 0 amide bonds.